The molecule has 0 radical (unpaired) electrons. The number of amidine groups is 1. The number of benzene rings is 1. The molecule has 0 amide bonds. The van der Waals surface area contributed by atoms with Gasteiger partial charge in [-0.15, -0.1) is 0 Å². The summed E-state index contributed by atoms with van der Waals surface area (Å²) in [6, 6.07) is 5.65. The summed E-state index contributed by atoms with van der Waals surface area (Å²) in [7, 11) is 0. The van der Waals surface area contributed by atoms with Crippen molar-refractivity contribution in [3.8, 4) is 5.75 Å². The first-order chi connectivity index (χ1) is 8.56. The van der Waals surface area contributed by atoms with Crippen LogP contribution >= 0.6 is 15.9 Å². The van der Waals surface area contributed by atoms with E-state index in [9.17, 15) is 0 Å². The van der Waals surface area contributed by atoms with E-state index in [-0.39, 0.29) is 11.9 Å². The van der Waals surface area contributed by atoms with Crippen LogP contribution in [-0.2, 0) is 0 Å². The first-order valence-corrected chi connectivity index (χ1v) is 7.16. The average molecular weight is 311 g/mol. The summed E-state index contributed by atoms with van der Waals surface area (Å²) in [5.74, 6) is 1.50. The van der Waals surface area contributed by atoms with Crippen molar-refractivity contribution in [3.63, 3.8) is 0 Å². The SMILES string of the molecule is CC1CCCC(Oc2ccc(Br)cc2C(=N)N)C1. The van der Waals surface area contributed by atoms with Crippen molar-refractivity contribution in [2.45, 2.75) is 38.7 Å². The Kier molecular flexibility index (Phi) is 4.27. The van der Waals surface area contributed by atoms with Crippen molar-refractivity contribution < 1.29 is 4.74 Å². The molecule has 3 N–H and O–H groups in total. The molecule has 1 aromatic carbocycles. The van der Waals surface area contributed by atoms with Gasteiger partial charge in [0.1, 0.15) is 11.6 Å². The molecule has 1 aromatic rings. The van der Waals surface area contributed by atoms with E-state index in [4.69, 9.17) is 15.9 Å². The molecule has 18 heavy (non-hydrogen) atoms. The van der Waals surface area contributed by atoms with Gasteiger partial charge < -0.3 is 10.5 Å². The lowest BCUT2D eigenvalue weighted by Gasteiger charge is -2.28. The fourth-order valence-electron chi connectivity index (χ4n) is 2.48. The smallest absolute Gasteiger partial charge is 0.130 e. The molecule has 1 aliphatic carbocycles. The van der Waals surface area contributed by atoms with Gasteiger partial charge in [0.15, 0.2) is 0 Å². The lowest BCUT2D eigenvalue weighted by Crippen LogP contribution is -2.25. The first kappa shape index (κ1) is 13.4. The fraction of sp³-hybridized carbons (Fsp3) is 0.500. The predicted octanol–water partition coefficient (Wildman–Crippen LogP) is 3.69. The molecule has 1 saturated carbocycles. The second-order valence-electron chi connectivity index (χ2n) is 5.07. The van der Waals surface area contributed by atoms with Gasteiger partial charge in [-0.1, -0.05) is 29.3 Å². The summed E-state index contributed by atoms with van der Waals surface area (Å²) in [5.41, 5.74) is 6.27. The van der Waals surface area contributed by atoms with Crippen LogP contribution in [-0.4, -0.2) is 11.9 Å². The minimum Gasteiger partial charge on any atom is -0.490 e. The maximum atomic E-state index is 7.61. The Labute approximate surface area is 116 Å². The van der Waals surface area contributed by atoms with Gasteiger partial charge in [0, 0.05) is 4.47 Å². The number of rotatable bonds is 3. The molecule has 0 heterocycles. The van der Waals surface area contributed by atoms with Crippen LogP contribution in [0.15, 0.2) is 22.7 Å². The number of halogens is 1. The molecule has 0 spiro atoms. The number of hydrogen-bond acceptors (Lipinski definition) is 2. The van der Waals surface area contributed by atoms with Crippen LogP contribution in [0.2, 0.25) is 0 Å². The normalized spacial score (nSPS) is 23.7. The van der Waals surface area contributed by atoms with Crippen molar-refractivity contribution in [2.24, 2.45) is 11.7 Å². The zero-order valence-corrected chi connectivity index (χ0v) is 12.2. The van der Waals surface area contributed by atoms with Gasteiger partial charge in [-0.3, -0.25) is 5.41 Å². The van der Waals surface area contributed by atoms with E-state index in [0.717, 1.165) is 29.0 Å². The molecule has 1 aliphatic rings. The van der Waals surface area contributed by atoms with Crippen molar-refractivity contribution in [2.75, 3.05) is 0 Å². The van der Waals surface area contributed by atoms with Gasteiger partial charge in [0.05, 0.1) is 11.7 Å². The standard InChI is InChI=1S/C14H19BrN2O/c1-9-3-2-4-11(7-9)18-13-6-5-10(15)8-12(13)14(16)17/h5-6,8-9,11H,2-4,7H2,1H3,(H3,16,17). The van der Waals surface area contributed by atoms with Crippen LogP contribution in [0.3, 0.4) is 0 Å². The third-order valence-electron chi connectivity index (χ3n) is 3.41. The Balaban J connectivity index is 2.15. The topological polar surface area (TPSA) is 59.1 Å². The average Bonchev–Trinajstić information content (AvgIpc) is 2.31. The quantitative estimate of drug-likeness (QED) is 0.660. The molecule has 2 atom stereocenters. The van der Waals surface area contributed by atoms with Gasteiger partial charge >= 0.3 is 0 Å². The Bertz CT molecular complexity index is 447. The lowest BCUT2D eigenvalue weighted by atomic mass is 9.88. The number of nitrogens with two attached hydrogens (primary N) is 1. The molecular weight excluding hydrogens is 292 g/mol. The van der Waals surface area contributed by atoms with E-state index < -0.39 is 0 Å². The van der Waals surface area contributed by atoms with Gasteiger partial charge in [0.25, 0.3) is 0 Å². The third kappa shape index (κ3) is 3.25. The minimum atomic E-state index is 0.0511. The van der Waals surface area contributed by atoms with Gasteiger partial charge in [0.2, 0.25) is 0 Å². The molecular formula is C14H19BrN2O. The summed E-state index contributed by atoms with van der Waals surface area (Å²) in [6.45, 7) is 2.27. The summed E-state index contributed by atoms with van der Waals surface area (Å²) < 4.78 is 6.95. The second-order valence-corrected chi connectivity index (χ2v) is 5.98. The number of nitrogens with one attached hydrogen (secondary N) is 1. The summed E-state index contributed by atoms with van der Waals surface area (Å²) in [4.78, 5) is 0. The highest BCUT2D eigenvalue weighted by atomic mass is 79.9. The molecule has 2 rings (SSSR count). The highest BCUT2D eigenvalue weighted by Crippen LogP contribution is 2.30. The molecule has 3 nitrogen and oxygen atoms in total. The van der Waals surface area contributed by atoms with Gasteiger partial charge in [-0.05, 0) is 43.4 Å². The number of hydrogen-bond donors (Lipinski definition) is 2. The van der Waals surface area contributed by atoms with Crippen LogP contribution in [0, 0.1) is 11.3 Å². The zero-order chi connectivity index (χ0) is 13.1. The third-order valence-corrected chi connectivity index (χ3v) is 3.91. The molecule has 0 aliphatic heterocycles. The van der Waals surface area contributed by atoms with Gasteiger partial charge in [-0.2, -0.15) is 0 Å². The Morgan fingerprint density at radius 2 is 2.22 bits per heavy atom. The van der Waals surface area contributed by atoms with Crippen molar-refractivity contribution in [1.29, 1.82) is 5.41 Å². The fourth-order valence-corrected chi connectivity index (χ4v) is 2.84. The maximum absolute atomic E-state index is 7.61. The Morgan fingerprint density at radius 3 is 2.89 bits per heavy atom. The Morgan fingerprint density at radius 1 is 1.44 bits per heavy atom. The maximum Gasteiger partial charge on any atom is 0.130 e. The second kappa shape index (κ2) is 5.74. The van der Waals surface area contributed by atoms with Crippen LogP contribution < -0.4 is 10.5 Å². The van der Waals surface area contributed by atoms with Crippen LogP contribution in [0.5, 0.6) is 5.75 Å². The monoisotopic (exact) mass is 310 g/mol. The van der Waals surface area contributed by atoms with E-state index in [2.05, 4.69) is 22.9 Å². The van der Waals surface area contributed by atoms with Crippen LogP contribution in [0.1, 0.15) is 38.2 Å². The van der Waals surface area contributed by atoms with E-state index in [1.54, 1.807) is 0 Å². The van der Waals surface area contributed by atoms with E-state index in [0.29, 0.717) is 5.56 Å². The van der Waals surface area contributed by atoms with Crippen LogP contribution in [0.4, 0.5) is 0 Å². The molecule has 2 unspecified atom stereocenters. The minimum absolute atomic E-state index is 0.0511. The first-order valence-electron chi connectivity index (χ1n) is 6.37. The highest BCUT2D eigenvalue weighted by molar-refractivity contribution is 9.10. The van der Waals surface area contributed by atoms with E-state index >= 15 is 0 Å². The largest absolute Gasteiger partial charge is 0.490 e. The van der Waals surface area contributed by atoms with Crippen molar-refractivity contribution in [1.82, 2.24) is 0 Å². The molecule has 0 bridgehead atoms. The predicted molar refractivity (Wildman–Crippen MR) is 77.2 cm³/mol. The van der Waals surface area contributed by atoms with Crippen LogP contribution in [0.25, 0.3) is 0 Å². The zero-order valence-electron chi connectivity index (χ0n) is 10.6. The number of ether oxygens (including phenoxy) is 1. The van der Waals surface area contributed by atoms with Crippen molar-refractivity contribution in [3.05, 3.63) is 28.2 Å². The van der Waals surface area contributed by atoms with E-state index in [1.165, 1.54) is 12.8 Å². The molecule has 4 heteroatoms. The molecule has 0 saturated heterocycles. The molecule has 98 valence electrons. The summed E-state index contributed by atoms with van der Waals surface area (Å²) >= 11 is 3.39. The van der Waals surface area contributed by atoms with Gasteiger partial charge in [-0.25, -0.2) is 0 Å². The summed E-state index contributed by atoms with van der Waals surface area (Å²) in [5, 5.41) is 7.61. The highest BCUT2D eigenvalue weighted by Gasteiger charge is 2.21. The lowest BCUT2D eigenvalue weighted by molar-refractivity contribution is 0.129. The Hall–Kier alpha value is -1.03. The van der Waals surface area contributed by atoms with E-state index in [1.807, 2.05) is 18.2 Å². The summed E-state index contributed by atoms with van der Waals surface area (Å²) in [6.07, 6.45) is 4.95. The van der Waals surface area contributed by atoms with Crippen molar-refractivity contribution >= 4 is 21.8 Å². The number of nitrogen functional groups attached to an aromatic ring is 1. The molecule has 1 fully saturated rings. The molecule has 0 aromatic heterocycles.